The van der Waals surface area contributed by atoms with Gasteiger partial charge in [0.2, 0.25) is 0 Å². The first kappa shape index (κ1) is 16.4. The molecule has 1 heterocycles. The molecule has 8 heteroatoms. The molecule has 21 heavy (non-hydrogen) atoms. The summed E-state index contributed by atoms with van der Waals surface area (Å²) in [5.74, 6) is -0.606. The first-order valence-electron chi connectivity index (χ1n) is 6.05. The van der Waals surface area contributed by atoms with Crippen LogP contribution in [0.15, 0.2) is 32.9 Å². The van der Waals surface area contributed by atoms with Crippen LogP contribution in [-0.2, 0) is 16.6 Å². The SMILES string of the molecule is CNCc1cc(S(=O)(=O)Nc2cc(C)ccc2F)c(Br)s1. The Morgan fingerprint density at radius 3 is 2.71 bits per heavy atom. The maximum atomic E-state index is 13.7. The largest absolute Gasteiger partial charge is 0.315 e. The Morgan fingerprint density at radius 2 is 2.05 bits per heavy atom. The fourth-order valence-corrected chi connectivity index (χ4v) is 5.51. The summed E-state index contributed by atoms with van der Waals surface area (Å²) in [6.07, 6.45) is 0. The number of hydrogen-bond donors (Lipinski definition) is 2. The number of thiophene rings is 1. The Kier molecular flexibility index (Phi) is 5.03. The van der Waals surface area contributed by atoms with Crippen molar-refractivity contribution in [1.82, 2.24) is 5.32 Å². The van der Waals surface area contributed by atoms with Crippen LogP contribution in [-0.4, -0.2) is 15.5 Å². The Morgan fingerprint density at radius 1 is 1.33 bits per heavy atom. The van der Waals surface area contributed by atoms with Crippen molar-refractivity contribution in [2.75, 3.05) is 11.8 Å². The van der Waals surface area contributed by atoms with Crippen LogP contribution in [0.4, 0.5) is 10.1 Å². The fraction of sp³-hybridized carbons (Fsp3) is 0.231. The Hall–Kier alpha value is -0.960. The number of aryl methyl sites for hydroxylation is 1. The quantitative estimate of drug-likeness (QED) is 0.818. The summed E-state index contributed by atoms with van der Waals surface area (Å²) in [4.78, 5) is 0.980. The molecule has 2 N–H and O–H groups in total. The molecule has 0 amide bonds. The highest BCUT2D eigenvalue weighted by molar-refractivity contribution is 9.11. The minimum absolute atomic E-state index is 0.0525. The molecule has 0 aliphatic rings. The third-order valence-electron chi connectivity index (χ3n) is 2.71. The highest BCUT2D eigenvalue weighted by atomic mass is 79.9. The lowest BCUT2D eigenvalue weighted by Gasteiger charge is -2.09. The van der Waals surface area contributed by atoms with Gasteiger partial charge in [-0.05, 0) is 53.7 Å². The lowest BCUT2D eigenvalue weighted by Crippen LogP contribution is -2.14. The molecule has 1 aromatic carbocycles. The zero-order chi connectivity index (χ0) is 15.6. The van der Waals surface area contributed by atoms with Crippen molar-refractivity contribution in [3.63, 3.8) is 0 Å². The Bertz CT molecular complexity index is 760. The zero-order valence-corrected chi connectivity index (χ0v) is 14.6. The molecule has 0 fully saturated rings. The van der Waals surface area contributed by atoms with Crippen LogP contribution in [0.5, 0.6) is 0 Å². The van der Waals surface area contributed by atoms with Crippen molar-refractivity contribution in [1.29, 1.82) is 0 Å². The number of sulfonamides is 1. The molecule has 0 radical (unpaired) electrons. The lowest BCUT2D eigenvalue weighted by atomic mass is 10.2. The van der Waals surface area contributed by atoms with Gasteiger partial charge in [-0.2, -0.15) is 0 Å². The number of hydrogen-bond acceptors (Lipinski definition) is 4. The van der Waals surface area contributed by atoms with Gasteiger partial charge in [0.15, 0.2) is 0 Å². The van der Waals surface area contributed by atoms with Gasteiger partial charge < -0.3 is 5.32 Å². The summed E-state index contributed by atoms with van der Waals surface area (Å²) >= 11 is 4.57. The minimum atomic E-state index is -3.83. The zero-order valence-electron chi connectivity index (χ0n) is 11.4. The molecule has 0 aliphatic heterocycles. The summed E-state index contributed by atoms with van der Waals surface area (Å²) in [6, 6.07) is 5.85. The highest BCUT2D eigenvalue weighted by Crippen LogP contribution is 2.33. The van der Waals surface area contributed by atoms with Gasteiger partial charge in [0.05, 0.1) is 9.47 Å². The van der Waals surface area contributed by atoms with Gasteiger partial charge in [0, 0.05) is 11.4 Å². The summed E-state index contributed by atoms with van der Waals surface area (Å²) in [5.41, 5.74) is 0.720. The van der Waals surface area contributed by atoms with Crippen LogP contribution < -0.4 is 10.0 Å². The first-order valence-corrected chi connectivity index (χ1v) is 9.14. The van der Waals surface area contributed by atoms with Crippen molar-refractivity contribution >= 4 is 43.0 Å². The average molecular weight is 393 g/mol. The summed E-state index contributed by atoms with van der Waals surface area (Å²) in [5, 5.41) is 2.96. The Balaban J connectivity index is 2.36. The fourth-order valence-electron chi connectivity index (χ4n) is 1.76. The third kappa shape index (κ3) is 3.82. The number of benzene rings is 1. The molecular weight excluding hydrogens is 379 g/mol. The lowest BCUT2D eigenvalue weighted by molar-refractivity contribution is 0.598. The first-order chi connectivity index (χ1) is 9.83. The molecule has 2 aromatic rings. The van der Waals surface area contributed by atoms with Crippen molar-refractivity contribution in [2.24, 2.45) is 0 Å². The van der Waals surface area contributed by atoms with Gasteiger partial charge in [-0.25, -0.2) is 12.8 Å². The number of rotatable bonds is 5. The number of halogens is 2. The molecular formula is C13H14BrFN2O2S2. The molecule has 0 aliphatic carbocycles. The predicted octanol–water partition coefficient (Wildman–Crippen LogP) is 3.48. The predicted molar refractivity (Wildman–Crippen MR) is 86.7 cm³/mol. The molecule has 0 unspecified atom stereocenters. The number of anilines is 1. The van der Waals surface area contributed by atoms with Crippen molar-refractivity contribution in [2.45, 2.75) is 18.4 Å². The van der Waals surface area contributed by atoms with Crippen molar-refractivity contribution in [3.8, 4) is 0 Å². The Labute approximate surface area is 135 Å². The molecule has 1 aromatic heterocycles. The second-order valence-corrected chi connectivity index (χ2v) is 8.58. The van der Waals surface area contributed by atoms with Gasteiger partial charge in [-0.1, -0.05) is 6.07 Å². The highest BCUT2D eigenvalue weighted by Gasteiger charge is 2.22. The van der Waals surface area contributed by atoms with E-state index in [1.807, 2.05) is 0 Å². The van der Waals surface area contributed by atoms with Gasteiger partial charge in [0.25, 0.3) is 10.0 Å². The molecule has 0 bridgehead atoms. The molecule has 2 rings (SSSR count). The molecule has 0 saturated carbocycles. The second-order valence-electron chi connectivity index (χ2n) is 4.47. The van der Waals surface area contributed by atoms with E-state index < -0.39 is 15.8 Å². The van der Waals surface area contributed by atoms with E-state index in [-0.39, 0.29) is 10.6 Å². The molecule has 114 valence electrons. The smallest absolute Gasteiger partial charge is 0.263 e. The summed E-state index contributed by atoms with van der Waals surface area (Å²) in [6.45, 7) is 2.33. The van der Waals surface area contributed by atoms with E-state index in [4.69, 9.17) is 0 Å². The van der Waals surface area contributed by atoms with E-state index >= 15 is 0 Å². The molecule has 0 spiro atoms. The minimum Gasteiger partial charge on any atom is -0.315 e. The van der Waals surface area contributed by atoms with Crippen LogP contribution in [0.3, 0.4) is 0 Å². The van der Waals surface area contributed by atoms with Crippen LogP contribution in [0, 0.1) is 12.7 Å². The normalized spacial score (nSPS) is 11.6. The molecule has 4 nitrogen and oxygen atoms in total. The monoisotopic (exact) mass is 392 g/mol. The third-order valence-corrected chi connectivity index (χ3v) is 6.33. The molecule has 0 atom stereocenters. The van der Waals surface area contributed by atoms with Crippen LogP contribution in [0.25, 0.3) is 0 Å². The van der Waals surface area contributed by atoms with Gasteiger partial charge in [-0.3, -0.25) is 4.72 Å². The topological polar surface area (TPSA) is 58.2 Å². The number of nitrogens with one attached hydrogen (secondary N) is 2. The maximum Gasteiger partial charge on any atom is 0.263 e. The van der Waals surface area contributed by atoms with Gasteiger partial charge >= 0.3 is 0 Å². The van der Waals surface area contributed by atoms with Gasteiger partial charge in [-0.15, -0.1) is 11.3 Å². The standard InChI is InChI=1S/C13H14BrFN2O2S2/c1-8-3-4-10(15)11(5-8)17-21(18,19)12-6-9(7-16-2)20-13(12)14/h3-6,16-17H,7H2,1-2H3. The second kappa shape index (κ2) is 6.43. The van der Waals surface area contributed by atoms with E-state index in [9.17, 15) is 12.8 Å². The van der Waals surface area contributed by atoms with Crippen molar-refractivity contribution in [3.05, 3.63) is 44.3 Å². The summed E-state index contributed by atoms with van der Waals surface area (Å²) in [7, 11) is -2.06. The van der Waals surface area contributed by atoms with Crippen molar-refractivity contribution < 1.29 is 12.8 Å². The molecule has 0 saturated heterocycles. The summed E-state index contributed by atoms with van der Waals surface area (Å²) < 4.78 is 41.2. The maximum absolute atomic E-state index is 13.7. The van der Waals surface area contributed by atoms with E-state index in [1.54, 1.807) is 26.1 Å². The van der Waals surface area contributed by atoms with Crippen LogP contribution in [0.1, 0.15) is 10.4 Å². The van der Waals surface area contributed by atoms with E-state index in [2.05, 4.69) is 26.0 Å². The van der Waals surface area contributed by atoms with E-state index in [1.165, 1.54) is 23.5 Å². The van der Waals surface area contributed by atoms with Crippen LogP contribution in [0.2, 0.25) is 0 Å². The van der Waals surface area contributed by atoms with Gasteiger partial charge in [0.1, 0.15) is 10.7 Å². The van der Waals surface area contributed by atoms with E-state index in [0.717, 1.165) is 10.4 Å². The average Bonchev–Trinajstić information content (AvgIpc) is 2.76. The van der Waals surface area contributed by atoms with Crippen LogP contribution >= 0.6 is 27.3 Å². The van der Waals surface area contributed by atoms with E-state index in [0.29, 0.717) is 10.3 Å².